The maximum absolute atomic E-state index is 12.0. The average Bonchev–Trinajstić information content (AvgIpc) is 2.33. The van der Waals surface area contributed by atoms with Gasteiger partial charge in [-0.15, -0.1) is 0 Å². The van der Waals surface area contributed by atoms with Crippen molar-refractivity contribution in [3.05, 3.63) is 34.9 Å². The lowest BCUT2D eigenvalue weighted by atomic mass is 10.0. The molecular formula is C13H17ClF3NS. The van der Waals surface area contributed by atoms with Crippen molar-refractivity contribution in [1.82, 2.24) is 5.32 Å². The molecule has 0 aromatic heterocycles. The first kappa shape index (κ1) is 16.7. The number of hydrogen-bond acceptors (Lipinski definition) is 2. The summed E-state index contributed by atoms with van der Waals surface area (Å²) in [6, 6.07) is 7.49. The van der Waals surface area contributed by atoms with Crippen molar-refractivity contribution in [2.24, 2.45) is 0 Å². The summed E-state index contributed by atoms with van der Waals surface area (Å²) >= 11 is 5.83. The van der Waals surface area contributed by atoms with Crippen molar-refractivity contribution in [2.75, 3.05) is 12.3 Å². The second-order valence-corrected chi connectivity index (χ2v) is 5.74. The van der Waals surface area contributed by atoms with E-state index in [1.165, 1.54) is 0 Å². The molecule has 0 fully saturated rings. The topological polar surface area (TPSA) is 12.0 Å². The Morgan fingerprint density at radius 3 is 2.42 bits per heavy atom. The highest BCUT2D eigenvalue weighted by molar-refractivity contribution is 8.00. The molecule has 0 aliphatic carbocycles. The molecule has 108 valence electrons. The van der Waals surface area contributed by atoms with E-state index in [2.05, 4.69) is 12.2 Å². The molecule has 0 radical (unpaired) electrons. The van der Waals surface area contributed by atoms with Gasteiger partial charge in [-0.1, -0.05) is 37.1 Å². The molecule has 1 nitrogen and oxygen atoms in total. The Balaban J connectivity index is 2.47. The molecule has 0 saturated heterocycles. The lowest BCUT2D eigenvalue weighted by Crippen LogP contribution is -2.24. The Morgan fingerprint density at radius 2 is 1.89 bits per heavy atom. The van der Waals surface area contributed by atoms with Crippen LogP contribution in [-0.4, -0.2) is 17.8 Å². The number of hydrogen-bond donors (Lipinski definition) is 1. The Hall–Kier alpha value is -0.390. The first-order valence-corrected chi connectivity index (χ1v) is 7.48. The van der Waals surface area contributed by atoms with Gasteiger partial charge in [0.2, 0.25) is 0 Å². The van der Waals surface area contributed by atoms with E-state index in [-0.39, 0.29) is 23.6 Å². The molecule has 0 aliphatic heterocycles. The molecule has 1 rings (SSSR count). The quantitative estimate of drug-likeness (QED) is 0.709. The van der Waals surface area contributed by atoms with Crippen LogP contribution in [0.1, 0.15) is 31.4 Å². The van der Waals surface area contributed by atoms with Crippen LogP contribution in [0.2, 0.25) is 5.02 Å². The number of alkyl halides is 3. The molecule has 0 saturated carbocycles. The number of benzene rings is 1. The minimum atomic E-state index is -4.15. The van der Waals surface area contributed by atoms with E-state index in [1.807, 2.05) is 12.1 Å². The van der Waals surface area contributed by atoms with Crippen LogP contribution in [0.3, 0.4) is 0 Å². The third-order valence-electron chi connectivity index (χ3n) is 2.61. The first-order valence-electron chi connectivity index (χ1n) is 6.12. The van der Waals surface area contributed by atoms with Gasteiger partial charge in [-0.3, -0.25) is 0 Å². The molecule has 1 aromatic rings. The van der Waals surface area contributed by atoms with Gasteiger partial charge in [0, 0.05) is 23.4 Å². The van der Waals surface area contributed by atoms with Crippen molar-refractivity contribution in [1.29, 1.82) is 0 Å². The molecule has 0 amide bonds. The summed E-state index contributed by atoms with van der Waals surface area (Å²) in [4.78, 5) is 0. The van der Waals surface area contributed by atoms with Crippen molar-refractivity contribution < 1.29 is 13.2 Å². The number of rotatable bonds is 7. The Bertz CT molecular complexity index is 367. The molecule has 1 aromatic carbocycles. The standard InChI is InChI=1S/C13H17ClF3NS/c1-2-3-12(10-4-6-11(14)7-5-10)18-8-9-19-13(15,16)17/h4-7,12,18H,2-3,8-9H2,1H3. The maximum Gasteiger partial charge on any atom is 0.441 e. The van der Waals surface area contributed by atoms with Gasteiger partial charge >= 0.3 is 5.51 Å². The molecule has 0 aliphatic rings. The fraction of sp³-hybridized carbons (Fsp3) is 0.538. The molecule has 1 atom stereocenters. The van der Waals surface area contributed by atoms with Crippen LogP contribution in [0, 0.1) is 0 Å². The summed E-state index contributed by atoms with van der Waals surface area (Å²) in [7, 11) is 0. The summed E-state index contributed by atoms with van der Waals surface area (Å²) < 4.78 is 36.0. The fourth-order valence-electron chi connectivity index (χ4n) is 1.77. The smallest absolute Gasteiger partial charge is 0.309 e. The molecular weight excluding hydrogens is 295 g/mol. The average molecular weight is 312 g/mol. The number of nitrogens with one attached hydrogen (secondary N) is 1. The lowest BCUT2D eigenvalue weighted by molar-refractivity contribution is -0.0327. The molecule has 0 spiro atoms. The zero-order valence-corrected chi connectivity index (χ0v) is 12.2. The van der Waals surface area contributed by atoms with E-state index >= 15 is 0 Å². The van der Waals surface area contributed by atoms with Gasteiger partial charge in [0.1, 0.15) is 0 Å². The second kappa shape index (κ2) is 8.02. The summed E-state index contributed by atoms with van der Waals surface area (Å²) in [5.74, 6) is 0.0251. The third-order valence-corrected chi connectivity index (χ3v) is 3.60. The first-order chi connectivity index (χ1) is 8.92. The van der Waals surface area contributed by atoms with E-state index in [1.54, 1.807) is 12.1 Å². The van der Waals surface area contributed by atoms with Crippen LogP contribution in [0.15, 0.2) is 24.3 Å². The molecule has 19 heavy (non-hydrogen) atoms. The van der Waals surface area contributed by atoms with Crippen LogP contribution in [-0.2, 0) is 0 Å². The largest absolute Gasteiger partial charge is 0.441 e. The van der Waals surface area contributed by atoms with E-state index in [0.717, 1.165) is 18.4 Å². The molecule has 0 heterocycles. The summed E-state index contributed by atoms with van der Waals surface area (Å²) in [5, 5.41) is 3.82. The van der Waals surface area contributed by atoms with Crippen LogP contribution in [0.25, 0.3) is 0 Å². The monoisotopic (exact) mass is 311 g/mol. The molecule has 0 bridgehead atoms. The minimum Gasteiger partial charge on any atom is -0.309 e. The highest BCUT2D eigenvalue weighted by Gasteiger charge is 2.27. The van der Waals surface area contributed by atoms with Gasteiger partial charge in [0.15, 0.2) is 0 Å². The molecule has 6 heteroatoms. The molecule has 1 N–H and O–H groups in total. The second-order valence-electron chi connectivity index (χ2n) is 4.14. The summed E-state index contributed by atoms with van der Waals surface area (Å²) in [6.07, 6.45) is 1.85. The predicted molar refractivity (Wildman–Crippen MR) is 75.6 cm³/mol. The number of thioether (sulfide) groups is 1. The highest BCUT2D eigenvalue weighted by Crippen LogP contribution is 2.29. The Kier molecular flexibility index (Phi) is 7.04. The van der Waals surface area contributed by atoms with E-state index in [4.69, 9.17) is 11.6 Å². The highest BCUT2D eigenvalue weighted by atomic mass is 35.5. The van der Waals surface area contributed by atoms with Crippen molar-refractivity contribution >= 4 is 23.4 Å². The van der Waals surface area contributed by atoms with Gasteiger partial charge in [-0.05, 0) is 35.9 Å². The van der Waals surface area contributed by atoms with Crippen molar-refractivity contribution in [3.63, 3.8) is 0 Å². The number of halogens is 4. The fourth-order valence-corrected chi connectivity index (χ4v) is 2.35. The van der Waals surface area contributed by atoms with Gasteiger partial charge < -0.3 is 5.32 Å². The van der Waals surface area contributed by atoms with Crippen LogP contribution in [0.4, 0.5) is 13.2 Å². The van der Waals surface area contributed by atoms with Crippen molar-refractivity contribution in [3.8, 4) is 0 Å². The van der Waals surface area contributed by atoms with Crippen molar-refractivity contribution in [2.45, 2.75) is 31.3 Å². The van der Waals surface area contributed by atoms with Crippen LogP contribution in [0.5, 0.6) is 0 Å². The van der Waals surface area contributed by atoms with Gasteiger partial charge in [0.05, 0.1) is 0 Å². The maximum atomic E-state index is 12.0. The van der Waals surface area contributed by atoms with Crippen LogP contribution >= 0.6 is 23.4 Å². The lowest BCUT2D eigenvalue weighted by Gasteiger charge is -2.19. The SMILES string of the molecule is CCCC(NCCSC(F)(F)F)c1ccc(Cl)cc1. The zero-order chi connectivity index (χ0) is 14.3. The van der Waals surface area contributed by atoms with E-state index < -0.39 is 5.51 Å². The van der Waals surface area contributed by atoms with Gasteiger partial charge in [0.25, 0.3) is 0 Å². The van der Waals surface area contributed by atoms with Crippen LogP contribution < -0.4 is 5.32 Å². The summed E-state index contributed by atoms with van der Waals surface area (Å²) in [6.45, 7) is 2.38. The van der Waals surface area contributed by atoms with E-state index in [9.17, 15) is 13.2 Å². The van der Waals surface area contributed by atoms with E-state index in [0.29, 0.717) is 11.6 Å². The third kappa shape index (κ3) is 7.09. The summed E-state index contributed by atoms with van der Waals surface area (Å²) in [5.41, 5.74) is -3.09. The predicted octanol–water partition coefficient (Wildman–Crippen LogP) is 5.02. The zero-order valence-electron chi connectivity index (χ0n) is 10.6. The Morgan fingerprint density at radius 1 is 1.26 bits per heavy atom. The van der Waals surface area contributed by atoms with Gasteiger partial charge in [-0.2, -0.15) is 13.2 Å². The normalized spacial score (nSPS) is 13.5. The molecule has 1 unspecified atom stereocenters. The van der Waals surface area contributed by atoms with Gasteiger partial charge in [-0.25, -0.2) is 0 Å². The Labute approximate surface area is 120 Å². The minimum absolute atomic E-state index is 0.00767.